The topological polar surface area (TPSA) is 93.3 Å². The summed E-state index contributed by atoms with van der Waals surface area (Å²) < 4.78 is 22.5. The molecule has 1 N–H and O–H groups in total. The van der Waals surface area contributed by atoms with Crippen LogP contribution in [0.4, 0.5) is 0 Å². The van der Waals surface area contributed by atoms with Crippen LogP contribution in [-0.2, 0) is 21.7 Å². The first-order valence-corrected chi connectivity index (χ1v) is 14.5. The number of para-hydroxylation sites is 1. The predicted molar refractivity (Wildman–Crippen MR) is 163 cm³/mol. The van der Waals surface area contributed by atoms with E-state index in [1.54, 1.807) is 31.1 Å². The van der Waals surface area contributed by atoms with Crippen molar-refractivity contribution in [3.8, 4) is 23.0 Å². The minimum atomic E-state index is -1.21. The van der Waals surface area contributed by atoms with E-state index >= 15 is 0 Å². The first-order valence-electron chi connectivity index (χ1n) is 14.5. The molecule has 43 heavy (non-hydrogen) atoms. The van der Waals surface area contributed by atoms with Crippen molar-refractivity contribution in [1.82, 2.24) is 14.8 Å². The Hall–Kier alpha value is -4.66. The second-order valence-corrected chi connectivity index (χ2v) is 11.5. The molecule has 0 spiro atoms. The Bertz CT molecular complexity index is 1710. The van der Waals surface area contributed by atoms with Crippen molar-refractivity contribution in [1.29, 1.82) is 0 Å². The lowest BCUT2D eigenvalue weighted by atomic mass is 9.76. The summed E-state index contributed by atoms with van der Waals surface area (Å²) in [5, 5.41) is 1.03. The van der Waals surface area contributed by atoms with E-state index in [4.69, 9.17) is 18.9 Å². The maximum atomic E-state index is 14.5. The van der Waals surface area contributed by atoms with Crippen LogP contribution in [0.1, 0.15) is 49.1 Å². The number of H-pyrrole nitrogens is 1. The molecule has 0 unspecified atom stereocenters. The highest BCUT2D eigenvalue weighted by atomic mass is 16.5. The number of aromatic amines is 1. The van der Waals surface area contributed by atoms with E-state index in [1.165, 1.54) is 0 Å². The highest BCUT2D eigenvalue weighted by molar-refractivity contribution is 6.01. The molecule has 9 heteroatoms. The zero-order valence-electron chi connectivity index (χ0n) is 25.4. The Balaban J connectivity index is 1.44. The number of carbonyl (C=O) groups is 2. The molecule has 2 atom stereocenters. The molecule has 4 aromatic rings. The largest absolute Gasteiger partial charge is 0.493 e. The van der Waals surface area contributed by atoms with Crippen LogP contribution in [0.5, 0.6) is 23.0 Å². The minimum absolute atomic E-state index is 0.00529. The number of benzene rings is 3. The molecule has 0 aliphatic carbocycles. The maximum absolute atomic E-state index is 14.5. The van der Waals surface area contributed by atoms with E-state index in [2.05, 4.69) is 11.1 Å². The fraction of sp³-hybridized carbons (Fsp3) is 0.353. The number of ether oxygens (including phenoxy) is 4. The third kappa shape index (κ3) is 4.63. The third-order valence-electron chi connectivity index (χ3n) is 8.59. The van der Waals surface area contributed by atoms with Crippen molar-refractivity contribution in [2.75, 3.05) is 34.4 Å². The molecule has 0 radical (unpaired) electrons. The van der Waals surface area contributed by atoms with Gasteiger partial charge in [0.25, 0.3) is 5.91 Å². The number of methoxy groups -OCH3 is 3. The van der Waals surface area contributed by atoms with Crippen LogP contribution < -0.4 is 18.9 Å². The number of amides is 2. The summed E-state index contributed by atoms with van der Waals surface area (Å²) in [5.41, 5.74) is 3.29. The quantitative estimate of drug-likeness (QED) is 0.306. The second kappa shape index (κ2) is 10.9. The molecule has 3 aromatic carbocycles. The zero-order chi connectivity index (χ0) is 30.5. The van der Waals surface area contributed by atoms with E-state index in [1.807, 2.05) is 75.4 Å². The van der Waals surface area contributed by atoms with E-state index in [0.29, 0.717) is 29.5 Å². The van der Waals surface area contributed by atoms with Crippen molar-refractivity contribution >= 4 is 22.7 Å². The third-order valence-corrected chi connectivity index (χ3v) is 8.59. The fourth-order valence-electron chi connectivity index (χ4n) is 6.55. The Morgan fingerprint density at radius 1 is 0.907 bits per heavy atom. The fourth-order valence-corrected chi connectivity index (χ4v) is 6.55. The smallest absolute Gasteiger partial charge is 0.255 e. The van der Waals surface area contributed by atoms with Gasteiger partial charge < -0.3 is 33.7 Å². The number of nitrogens with zero attached hydrogens (tertiary/aromatic N) is 2. The van der Waals surface area contributed by atoms with Gasteiger partial charge >= 0.3 is 0 Å². The zero-order valence-corrected chi connectivity index (χ0v) is 25.4. The van der Waals surface area contributed by atoms with Crippen molar-refractivity contribution in [2.45, 2.75) is 44.9 Å². The molecule has 0 saturated carbocycles. The average Bonchev–Trinajstić information content (AvgIpc) is 3.40. The van der Waals surface area contributed by atoms with Crippen LogP contribution >= 0.6 is 0 Å². The first kappa shape index (κ1) is 28.5. The highest BCUT2D eigenvalue weighted by Crippen LogP contribution is 2.49. The van der Waals surface area contributed by atoms with Crippen molar-refractivity contribution in [3.63, 3.8) is 0 Å². The Morgan fingerprint density at radius 3 is 2.33 bits per heavy atom. The van der Waals surface area contributed by atoms with Gasteiger partial charge in [-0.3, -0.25) is 9.59 Å². The van der Waals surface area contributed by atoms with Gasteiger partial charge in [0, 0.05) is 29.9 Å². The summed E-state index contributed by atoms with van der Waals surface area (Å²) in [6.07, 6.45) is -0.00529. The molecule has 2 amide bonds. The molecule has 2 aliphatic rings. The van der Waals surface area contributed by atoms with Crippen molar-refractivity contribution in [2.24, 2.45) is 0 Å². The molecule has 1 aromatic heterocycles. The van der Waals surface area contributed by atoms with Crippen LogP contribution in [0.3, 0.4) is 0 Å². The number of piperazine rings is 1. The lowest BCUT2D eigenvalue weighted by molar-refractivity contribution is -0.166. The molecule has 3 heterocycles. The SMILES string of the molecule is COc1ccc(CN2CC(=O)N3C[C@H](c4ccc(OC(C)C)c(OC)c4)c4c([nH]c5ccccc45)[C@@]3(C)C2=O)cc1OC. The first-order chi connectivity index (χ1) is 20.7. The molecule has 0 bridgehead atoms. The minimum Gasteiger partial charge on any atom is -0.493 e. The lowest BCUT2D eigenvalue weighted by Gasteiger charge is -2.51. The molecular formula is C34H37N3O6. The molecule has 2 aliphatic heterocycles. The van der Waals surface area contributed by atoms with Gasteiger partial charge in [0.15, 0.2) is 28.5 Å². The lowest BCUT2D eigenvalue weighted by Crippen LogP contribution is -2.67. The van der Waals surface area contributed by atoms with E-state index < -0.39 is 5.54 Å². The van der Waals surface area contributed by atoms with Gasteiger partial charge in [-0.1, -0.05) is 30.3 Å². The molecular weight excluding hydrogens is 546 g/mol. The average molecular weight is 584 g/mol. The van der Waals surface area contributed by atoms with Crippen molar-refractivity contribution < 1.29 is 28.5 Å². The van der Waals surface area contributed by atoms with Gasteiger partial charge in [-0.25, -0.2) is 0 Å². The summed E-state index contributed by atoms with van der Waals surface area (Å²) in [6, 6.07) is 19.5. The van der Waals surface area contributed by atoms with Gasteiger partial charge in [-0.05, 0) is 67.8 Å². The molecule has 1 fully saturated rings. The van der Waals surface area contributed by atoms with Crippen LogP contribution in [0, 0.1) is 0 Å². The van der Waals surface area contributed by atoms with Crippen LogP contribution in [-0.4, -0.2) is 67.1 Å². The molecule has 1 saturated heterocycles. The summed E-state index contributed by atoms with van der Waals surface area (Å²) in [5.74, 6) is 2.04. The summed E-state index contributed by atoms with van der Waals surface area (Å²) in [4.78, 5) is 35.3. The molecule has 9 nitrogen and oxygen atoms in total. The van der Waals surface area contributed by atoms with Gasteiger partial charge in [-0.2, -0.15) is 0 Å². The number of hydrogen-bond acceptors (Lipinski definition) is 6. The van der Waals surface area contributed by atoms with Crippen molar-refractivity contribution in [3.05, 3.63) is 83.0 Å². The monoisotopic (exact) mass is 583 g/mol. The maximum Gasteiger partial charge on any atom is 0.255 e. The normalized spacial score (nSPS) is 19.8. The van der Waals surface area contributed by atoms with Crippen LogP contribution in [0.15, 0.2) is 60.7 Å². The van der Waals surface area contributed by atoms with Gasteiger partial charge in [0.2, 0.25) is 5.91 Å². The second-order valence-electron chi connectivity index (χ2n) is 11.5. The van der Waals surface area contributed by atoms with Gasteiger partial charge in [0.05, 0.1) is 33.1 Å². The van der Waals surface area contributed by atoms with Crippen LogP contribution in [0.25, 0.3) is 10.9 Å². The standard InChI is InChI=1S/C34H37N3O6/c1-20(2)43-27-14-12-22(16-29(27)42-6)24-18-37-30(38)19-36(17-21-11-13-26(40-4)28(15-21)41-5)33(39)34(37,3)32-31(24)23-9-7-8-10-25(23)35-32/h7-16,20,24,35H,17-19H2,1-6H3/t24-,34+/m1/s1. The highest BCUT2D eigenvalue weighted by Gasteiger charge is 2.56. The molecule has 6 rings (SSSR count). The number of aromatic nitrogens is 1. The Labute approximate surface area is 251 Å². The van der Waals surface area contributed by atoms with E-state index in [-0.39, 0.29) is 36.9 Å². The van der Waals surface area contributed by atoms with E-state index in [9.17, 15) is 9.59 Å². The molecule has 224 valence electrons. The van der Waals surface area contributed by atoms with Gasteiger partial charge in [0.1, 0.15) is 6.54 Å². The van der Waals surface area contributed by atoms with Gasteiger partial charge in [-0.15, -0.1) is 0 Å². The number of fused-ring (bicyclic) bond motifs is 5. The number of nitrogens with one attached hydrogen (secondary N) is 1. The number of rotatable bonds is 8. The number of carbonyl (C=O) groups excluding carboxylic acids is 2. The predicted octanol–water partition coefficient (Wildman–Crippen LogP) is 5.21. The Morgan fingerprint density at radius 2 is 1.60 bits per heavy atom. The van der Waals surface area contributed by atoms with Crippen LogP contribution in [0.2, 0.25) is 0 Å². The summed E-state index contributed by atoms with van der Waals surface area (Å²) >= 11 is 0. The summed E-state index contributed by atoms with van der Waals surface area (Å²) in [7, 11) is 4.78. The summed E-state index contributed by atoms with van der Waals surface area (Å²) in [6.45, 7) is 6.41. The number of hydrogen-bond donors (Lipinski definition) is 1. The Kier molecular flexibility index (Phi) is 7.20. The van der Waals surface area contributed by atoms with E-state index in [0.717, 1.165) is 33.3 Å².